The lowest BCUT2D eigenvalue weighted by Crippen LogP contribution is -2.30. The lowest BCUT2D eigenvalue weighted by molar-refractivity contribution is -0.119. The van der Waals surface area contributed by atoms with Crippen LogP contribution in [0, 0.1) is 5.82 Å². The van der Waals surface area contributed by atoms with Crippen molar-refractivity contribution in [3.63, 3.8) is 0 Å². The van der Waals surface area contributed by atoms with Crippen LogP contribution in [-0.2, 0) is 9.59 Å². The molecule has 2 N–H and O–H groups in total. The predicted molar refractivity (Wildman–Crippen MR) is 135 cm³/mol. The van der Waals surface area contributed by atoms with Gasteiger partial charge in [0.05, 0.1) is 16.8 Å². The molecule has 1 saturated carbocycles. The Labute approximate surface area is 207 Å². The van der Waals surface area contributed by atoms with Crippen molar-refractivity contribution in [1.82, 2.24) is 5.32 Å². The lowest BCUT2D eigenvalue weighted by Gasteiger charge is -2.20. The van der Waals surface area contributed by atoms with E-state index in [0.717, 1.165) is 51.4 Å². The standard InChI is InChI=1S/C27H38ClFN2O3/c1-2-3-4-5-6-11-16-30-26(32)20-14-9-10-15-21(20)27(33)31-24-18-25(22(28)17-23(24)29)34-19-12-7-8-13-19/h17-19H,2-16H2,1H3,(H,30,32)(H,31,33). The summed E-state index contributed by atoms with van der Waals surface area (Å²) in [6.45, 7) is 2.80. The molecule has 7 heteroatoms. The third-order valence-electron chi connectivity index (χ3n) is 6.70. The number of ether oxygens (including phenoxy) is 1. The molecule has 0 aliphatic heterocycles. The summed E-state index contributed by atoms with van der Waals surface area (Å²) in [6, 6.07) is 2.63. The number of unbranched alkanes of at least 4 members (excludes halogenated alkanes) is 5. The average Bonchev–Trinajstić information content (AvgIpc) is 3.34. The van der Waals surface area contributed by atoms with Gasteiger partial charge < -0.3 is 15.4 Å². The summed E-state index contributed by atoms with van der Waals surface area (Å²) in [5.41, 5.74) is 0.984. The molecule has 34 heavy (non-hydrogen) atoms. The molecule has 0 heterocycles. The molecule has 1 fully saturated rings. The molecule has 1 aromatic rings. The van der Waals surface area contributed by atoms with Crippen molar-refractivity contribution in [2.45, 2.75) is 103 Å². The SMILES string of the molecule is CCCCCCCCNC(=O)C1=C(C(=O)Nc2cc(OC3CCCC3)c(Cl)cc2F)CCCC1. The molecule has 0 radical (unpaired) electrons. The summed E-state index contributed by atoms with van der Waals surface area (Å²) in [5, 5.41) is 5.82. The van der Waals surface area contributed by atoms with Crippen molar-refractivity contribution in [3.8, 4) is 5.75 Å². The van der Waals surface area contributed by atoms with Crippen LogP contribution < -0.4 is 15.4 Å². The zero-order valence-electron chi connectivity index (χ0n) is 20.3. The number of anilines is 1. The van der Waals surface area contributed by atoms with Crippen molar-refractivity contribution in [2.75, 3.05) is 11.9 Å². The monoisotopic (exact) mass is 492 g/mol. The molecule has 0 spiro atoms. The number of hydrogen-bond donors (Lipinski definition) is 2. The van der Waals surface area contributed by atoms with Crippen LogP contribution in [0.4, 0.5) is 10.1 Å². The lowest BCUT2D eigenvalue weighted by atomic mass is 9.90. The third-order valence-corrected chi connectivity index (χ3v) is 6.99. The summed E-state index contributed by atoms with van der Waals surface area (Å²) in [6.07, 6.45) is 13.8. The van der Waals surface area contributed by atoms with Gasteiger partial charge >= 0.3 is 0 Å². The van der Waals surface area contributed by atoms with Crippen LogP contribution in [-0.4, -0.2) is 24.5 Å². The van der Waals surface area contributed by atoms with Gasteiger partial charge in [-0.3, -0.25) is 9.59 Å². The van der Waals surface area contributed by atoms with Crippen LogP contribution in [0.1, 0.15) is 96.8 Å². The number of benzene rings is 1. The van der Waals surface area contributed by atoms with Crippen molar-refractivity contribution in [1.29, 1.82) is 0 Å². The van der Waals surface area contributed by atoms with Gasteiger partial charge in [0.1, 0.15) is 11.6 Å². The van der Waals surface area contributed by atoms with Crippen molar-refractivity contribution in [2.24, 2.45) is 0 Å². The largest absolute Gasteiger partial charge is 0.489 e. The smallest absolute Gasteiger partial charge is 0.252 e. The Kier molecular flexibility index (Phi) is 10.7. The average molecular weight is 493 g/mol. The minimum Gasteiger partial charge on any atom is -0.489 e. The van der Waals surface area contributed by atoms with E-state index in [0.29, 0.717) is 36.3 Å². The maximum Gasteiger partial charge on any atom is 0.252 e. The van der Waals surface area contributed by atoms with E-state index in [1.54, 1.807) is 0 Å². The number of halogens is 2. The van der Waals surface area contributed by atoms with E-state index in [1.165, 1.54) is 37.8 Å². The highest BCUT2D eigenvalue weighted by Gasteiger charge is 2.25. The van der Waals surface area contributed by atoms with E-state index in [4.69, 9.17) is 16.3 Å². The topological polar surface area (TPSA) is 67.4 Å². The molecule has 188 valence electrons. The minimum absolute atomic E-state index is 0.0207. The van der Waals surface area contributed by atoms with Gasteiger partial charge in [-0.05, 0) is 63.9 Å². The molecular formula is C27H38ClFN2O3. The third kappa shape index (κ3) is 7.72. The first-order valence-corrected chi connectivity index (χ1v) is 13.3. The van der Waals surface area contributed by atoms with E-state index < -0.39 is 11.7 Å². The quantitative estimate of drug-likeness (QED) is 0.306. The van der Waals surface area contributed by atoms with Crippen LogP contribution in [0.2, 0.25) is 5.02 Å². The molecule has 0 atom stereocenters. The van der Waals surface area contributed by atoms with Gasteiger partial charge in [-0.1, -0.05) is 50.6 Å². The zero-order valence-corrected chi connectivity index (χ0v) is 21.1. The second-order valence-corrected chi connectivity index (χ2v) is 9.84. The molecule has 0 bridgehead atoms. The summed E-state index contributed by atoms with van der Waals surface area (Å²) >= 11 is 6.19. The maximum absolute atomic E-state index is 14.6. The highest BCUT2D eigenvalue weighted by atomic mass is 35.5. The zero-order chi connectivity index (χ0) is 24.3. The van der Waals surface area contributed by atoms with E-state index in [1.807, 2.05) is 0 Å². The molecule has 0 aromatic heterocycles. The summed E-state index contributed by atoms with van der Waals surface area (Å²) in [7, 11) is 0. The molecule has 1 aromatic carbocycles. The van der Waals surface area contributed by atoms with Crippen molar-refractivity contribution in [3.05, 3.63) is 34.1 Å². The number of nitrogens with one attached hydrogen (secondary N) is 2. The second kappa shape index (κ2) is 13.7. The number of carbonyl (C=O) groups excluding carboxylic acids is 2. The van der Waals surface area contributed by atoms with Gasteiger partial charge in [-0.15, -0.1) is 0 Å². The van der Waals surface area contributed by atoms with Crippen LogP contribution in [0.5, 0.6) is 5.75 Å². The van der Waals surface area contributed by atoms with Gasteiger partial charge in [0, 0.05) is 23.8 Å². The summed E-state index contributed by atoms with van der Waals surface area (Å²) in [4.78, 5) is 25.9. The van der Waals surface area contributed by atoms with Gasteiger partial charge in [0.2, 0.25) is 5.91 Å². The fourth-order valence-corrected chi connectivity index (χ4v) is 4.91. The minimum atomic E-state index is -0.623. The predicted octanol–water partition coefficient (Wildman–Crippen LogP) is 7.09. The Bertz CT molecular complexity index is 881. The fourth-order valence-electron chi connectivity index (χ4n) is 4.72. The number of carbonyl (C=O) groups is 2. The van der Waals surface area contributed by atoms with Crippen LogP contribution in [0.15, 0.2) is 23.3 Å². The molecule has 5 nitrogen and oxygen atoms in total. The molecule has 3 rings (SSSR count). The molecule has 2 aliphatic rings. The Morgan fingerprint density at radius 3 is 2.32 bits per heavy atom. The van der Waals surface area contributed by atoms with Gasteiger partial charge in [0.25, 0.3) is 5.91 Å². The second-order valence-electron chi connectivity index (χ2n) is 9.43. The number of amides is 2. The number of hydrogen-bond acceptors (Lipinski definition) is 3. The first-order valence-electron chi connectivity index (χ1n) is 13.0. The Morgan fingerprint density at radius 1 is 0.971 bits per heavy atom. The van der Waals surface area contributed by atoms with Crippen LogP contribution in [0.3, 0.4) is 0 Å². The van der Waals surface area contributed by atoms with Crippen LogP contribution >= 0.6 is 11.6 Å². The highest BCUT2D eigenvalue weighted by molar-refractivity contribution is 6.32. The molecule has 0 saturated heterocycles. The Hall–Kier alpha value is -2.08. The first kappa shape index (κ1) is 26.5. The maximum atomic E-state index is 14.6. The van der Waals surface area contributed by atoms with E-state index in [2.05, 4.69) is 17.6 Å². The van der Waals surface area contributed by atoms with Crippen molar-refractivity contribution >= 4 is 29.1 Å². The van der Waals surface area contributed by atoms with Gasteiger partial charge in [0.15, 0.2) is 0 Å². The van der Waals surface area contributed by atoms with E-state index in [9.17, 15) is 14.0 Å². The molecule has 0 unspecified atom stereocenters. The molecule has 2 aliphatic carbocycles. The van der Waals surface area contributed by atoms with E-state index >= 15 is 0 Å². The Morgan fingerprint density at radius 2 is 1.62 bits per heavy atom. The summed E-state index contributed by atoms with van der Waals surface area (Å²) in [5.74, 6) is -0.861. The van der Waals surface area contributed by atoms with Gasteiger partial charge in [-0.25, -0.2) is 4.39 Å². The van der Waals surface area contributed by atoms with E-state index in [-0.39, 0.29) is 22.7 Å². The molecule has 2 amide bonds. The summed E-state index contributed by atoms with van der Waals surface area (Å²) < 4.78 is 20.5. The fraction of sp³-hybridized carbons (Fsp3) is 0.630. The number of rotatable bonds is 12. The van der Waals surface area contributed by atoms with Crippen LogP contribution in [0.25, 0.3) is 0 Å². The highest BCUT2D eigenvalue weighted by Crippen LogP contribution is 2.34. The first-order chi connectivity index (χ1) is 16.5. The van der Waals surface area contributed by atoms with Gasteiger partial charge in [-0.2, -0.15) is 0 Å². The Balaban J connectivity index is 1.62. The van der Waals surface area contributed by atoms with Crippen molar-refractivity contribution < 1.29 is 18.7 Å². The normalized spacial score (nSPS) is 16.6. The molecular weight excluding hydrogens is 455 g/mol.